The van der Waals surface area contributed by atoms with Crippen molar-refractivity contribution in [2.75, 3.05) is 19.8 Å². The molecule has 0 aromatic heterocycles. The number of ether oxygens (including phenoxy) is 1. The predicted molar refractivity (Wildman–Crippen MR) is 105 cm³/mol. The molecule has 0 fully saturated rings. The van der Waals surface area contributed by atoms with E-state index in [1.54, 1.807) is 0 Å². The van der Waals surface area contributed by atoms with Crippen LogP contribution in [-0.2, 0) is 23.1 Å². The molecule has 160 valence electrons. The molecule has 0 aliphatic carbocycles. The Bertz CT molecular complexity index is 453. The molecule has 0 aliphatic rings. The summed E-state index contributed by atoms with van der Waals surface area (Å²) in [6, 6.07) is 0. The lowest BCUT2D eigenvalue weighted by molar-refractivity contribution is -0.142. The van der Waals surface area contributed by atoms with Crippen LogP contribution in [0.1, 0.15) is 78.1 Å². The number of aliphatic hydroxyl groups excluding tert-OH is 1. The summed E-state index contributed by atoms with van der Waals surface area (Å²) in [4.78, 5) is 20.7. The second kappa shape index (κ2) is 16.3. The minimum atomic E-state index is -4.21. The monoisotopic (exact) mass is 408 g/mol. The normalized spacial score (nSPS) is 14.5. The quantitative estimate of drug-likeness (QED) is 0.149. The Morgan fingerprint density at radius 1 is 0.963 bits per heavy atom. The van der Waals surface area contributed by atoms with Crippen LogP contribution in [0.2, 0.25) is 0 Å². The number of rotatable bonds is 18. The first-order valence-corrected chi connectivity index (χ1v) is 11.4. The number of carbonyl (C=O) groups is 1. The smallest absolute Gasteiger partial charge is 0.460 e. The van der Waals surface area contributed by atoms with Crippen molar-refractivity contribution < 1.29 is 33.1 Å². The minimum absolute atomic E-state index is 0.130. The van der Waals surface area contributed by atoms with Crippen LogP contribution >= 0.6 is 7.82 Å². The molecule has 0 spiro atoms. The van der Waals surface area contributed by atoms with Crippen molar-refractivity contribution >= 4 is 13.8 Å². The van der Waals surface area contributed by atoms with Crippen molar-refractivity contribution in [1.29, 1.82) is 0 Å². The fraction of sp³-hybridized carbons (Fsp3) is 0.842. The molecule has 0 rings (SSSR count). The van der Waals surface area contributed by atoms with Gasteiger partial charge < -0.3 is 14.7 Å². The van der Waals surface area contributed by atoms with Crippen LogP contribution in [0.25, 0.3) is 0 Å². The highest BCUT2D eigenvalue weighted by Gasteiger charge is 2.23. The van der Waals surface area contributed by atoms with Gasteiger partial charge in [-0.15, -0.1) is 0 Å². The van der Waals surface area contributed by atoms with E-state index in [1.807, 2.05) is 0 Å². The van der Waals surface area contributed by atoms with Gasteiger partial charge >= 0.3 is 13.8 Å². The van der Waals surface area contributed by atoms with Crippen LogP contribution in [0.4, 0.5) is 0 Å². The molecule has 2 N–H and O–H groups in total. The van der Waals surface area contributed by atoms with Gasteiger partial charge in [0.25, 0.3) is 0 Å². The van der Waals surface area contributed by atoms with Crippen LogP contribution in [0.15, 0.2) is 12.2 Å². The van der Waals surface area contributed by atoms with Gasteiger partial charge in [-0.2, -0.15) is 0 Å². The average Bonchev–Trinajstić information content (AvgIpc) is 2.62. The summed E-state index contributed by atoms with van der Waals surface area (Å²) in [5, 5.41) is 9.58. The van der Waals surface area contributed by atoms with E-state index in [2.05, 4.69) is 13.5 Å². The maximum absolute atomic E-state index is 11.7. The van der Waals surface area contributed by atoms with Crippen molar-refractivity contribution in [3.63, 3.8) is 0 Å². The lowest BCUT2D eigenvalue weighted by Crippen LogP contribution is -2.23. The van der Waals surface area contributed by atoms with Crippen LogP contribution < -0.4 is 0 Å². The Balaban J connectivity index is 3.61. The van der Waals surface area contributed by atoms with Gasteiger partial charge in [-0.3, -0.25) is 9.05 Å². The van der Waals surface area contributed by atoms with E-state index in [-0.39, 0.29) is 18.8 Å². The zero-order valence-corrected chi connectivity index (χ0v) is 17.8. The standard InChI is InChI=1S/C19H37O7P/c1-4-5-6-7-8-9-10-11-12-13-14-25-27(22,23)26-16-18(20)15-24-19(21)17(2)3/h18,20H,2,4-16H2,1,3H3,(H,22,23). The van der Waals surface area contributed by atoms with Gasteiger partial charge in [-0.1, -0.05) is 71.3 Å². The molecule has 0 aromatic carbocycles. The number of phosphoric acid groups is 1. The molecule has 0 aromatic rings. The third kappa shape index (κ3) is 17.1. The van der Waals surface area contributed by atoms with E-state index in [0.29, 0.717) is 6.42 Å². The van der Waals surface area contributed by atoms with E-state index in [4.69, 9.17) is 13.8 Å². The highest BCUT2D eigenvalue weighted by molar-refractivity contribution is 7.47. The maximum atomic E-state index is 11.7. The number of aliphatic hydroxyl groups is 1. The van der Waals surface area contributed by atoms with Gasteiger partial charge in [0.2, 0.25) is 0 Å². The van der Waals surface area contributed by atoms with Gasteiger partial charge in [0.1, 0.15) is 12.7 Å². The topological polar surface area (TPSA) is 102 Å². The third-order valence-corrected chi connectivity index (χ3v) is 4.92. The maximum Gasteiger partial charge on any atom is 0.472 e. The van der Waals surface area contributed by atoms with E-state index in [0.717, 1.165) is 12.8 Å². The molecule has 2 atom stereocenters. The van der Waals surface area contributed by atoms with E-state index in [9.17, 15) is 19.4 Å². The van der Waals surface area contributed by atoms with Crippen LogP contribution in [0.3, 0.4) is 0 Å². The average molecular weight is 408 g/mol. The van der Waals surface area contributed by atoms with Crippen molar-refractivity contribution in [1.82, 2.24) is 0 Å². The SMILES string of the molecule is C=C(C)C(=O)OCC(O)COP(=O)(O)OCCCCCCCCCCCC. The fourth-order valence-electron chi connectivity index (χ4n) is 2.33. The molecular formula is C19H37O7P. The van der Waals surface area contributed by atoms with Gasteiger partial charge in [0.05, 0.1) is 13.2 Å². The summed E-state index contributed by atoms with van der Waals surface area (Å²) >= 11 is 0. The van der Waals surface area contributed by atoms with Crippen molar-refractivity contribution in [3.8, 4) is 0 Å². The summed E-state index contributed by atoms with van der Waals surface area (Å²) in [5.41, 5.74) is 0.204. The number of phosphoric ester groups is 1. The highest BCUT2D eigenvalue weighted by atomic mass is 31.2. The van der Waals surface area contributed by atoms with Crippen molar-refractivity contribution in [3.05, 3.63) is 12.2 Å². The number of carbonyl (C=O) groups excluding carboxylic acids is 1. The summed E-state index contributed by atoms with van der Waals surface area (Å²) in [7, 11) is -4.21. The summed E-state index contributed by atoms with van der Waals surface area (Å²) < 4.78 is 26.0. The summed E-state index contributed by atoms with van der Waals surface area (Å²) in [6.07, 6.45) is 10.4. The largest absolute Gasteiger partial charge is 0.472 e. The lowest BCUT2D eigenvalue weighted by Gasteiger charge is -2.15. The molecule has 0 bridgehead atoms. The van der Waals surface area contributed by atoms with Gasteiger partial charge in [-0.25, -0.2) is 9.36 Å². The fourth-order valence-corrected chi connectivity index (χ4v) is 3.12. The second-order valence-corrected chi connectivity index (χ2v) is 8.27. The zero-order valence-electron chi connectivity index (χ0n) is 16.9. The molecule has 0 aliphatic heterocycles. The second-order valence-electron chi connectivity index (χ2n) is 6.81. The van der Waals surface area contributed by atoms with Gasteiger partial charge in [0.15, 0.2) is 0 Å². The van der Waals surface area contributed by atoms with E-state index < -0.39 is 26.5 Å². The summed E-state index contributed by atoms with van der Waals surface area (Å²) in [6.45, 7) is 6.42. The van der Waals surface area contributed by atoms with Gasteiger partial charge in [-0.05, 0) is 13.3 Å². The Morgan fingerprint density at radius 3 is 2.00 bits per heavy atom. The molecule has 0 radical (unpaired) electrons. The molecule has 7 nitrogen and oxygen atoms in total. The van der Waals surface area contributed by atoms with Crippen molar-refractivity contribution in [2.45, 2.75) is 84.2 Å². The Morgan fingerprint density at radius 2 is 1.48 bits per heavy atom. The lowest BCUT2D eigenvalue weighted by atomic mass is 10.1. The van der Waals surface area contributed by atoms with Crippen LogP contribution in [0.5, 0.6) is 0 Å². The van der Waals surface area contributed by atoms with Gasteiger partial charge in [0, 0.05) is 5.57 Å². The minimum Gasteiger partial charge on any atom is -0.460 e. The highest BCUT2D eigenvalue weighted by Crippen LogP contribution is 2.43. The van der Waals surface area contributed by atoms with E-state index >= 15 is 0 Å². The Kier molecular flexibility index (Phi) is 15.8. The molecule has 0 saturated carbocycles. The first-order chi connectivity index (χ1) is 12.8. The molecule has 2 unspecified atom stereocenters. The first kappa shape index (κ1) is 26.3. The first-order valence-electron chi connectivity index (χ1n) is 9.91. The number of hydrogen-bond donors (Lipinski definition) is 2. The number of unbranched alkanes of at least 4 members (excludes halogenated alkanes) is 9. The molecule has 27 heavy (non-hydrogen) atoms. The Labute approximate surface area is 163 Å². The van der Waals surface area contributed by atoms with E-state index in [1.165, 1.54) is 51.9 Å². The van der Waals surface area contributed by atoms with Crippen LogP contribution in [-0.4, -0.2) is 41.9 Å². The number of esters is 1. The van der Waals surface area contributed by atoms with Crippen molar-refractivity contribution in [2.24, 2.45) is 0 Å². The molecule has 0 saturated heterocycles. The number of hydrogen-bond acceptors (Lipinski definition) is 6. The third-order valence-electron chi connectivity index (χ3n) is 3.94. The van der Waals surface area contributed by atoms with Crippen LogP contribution in [0, 0.1) is 0 Å². The molecular weight excluding hydrogens is 371 g/mol. The molecule has 8 heteroatoms. The zero-order chi connectivity index (χ0) is 20.5. The molecule has 0 heterocycles. The Hall–Kier alpha value is -0.720. The predicted octanol–water partition coefficient (Wildman–Crippen LogP) is 4.52. The summed E-state index contributed by atoms with van der Waals surface area (Å²) in [5.74, 6) is -0.640. The molecule has 0 amide bonds.